The molecule has 1 aromatic rings. The van der Waals surface area contributed by atoms with E-state index in [0.717, 1.165) is 18.4 Å². The van der Waals surface area contributed by atoms with E-state index in [4.69, 9.17) is 4.74 Å². The number of hydrogen-bond donors (Lipinski definition) is 1. The lowest BCUT2D eigenvalue weighted by Gasteiger charge is -2.16. The lowest BCUT2D eigenvalue weighted by atomic mass is 10.1. The van der Waals surface area contributed by atoms with E-state index in [1.54, 1.807) is 6.07 Å². The SMILES string of the molecule is COC(=O)[C@H]1CC[C@@H](Nc2c(C)cccc2[N+](=O)[O-])C1. The summed E-state index contributed by atoms with van der Waals surface area (Å²) in [6, 6.07) is 5.06. The highest BCUT2D eigenvalue weighted by atomic mass is 16.6. The first-order valence-corrected chi connectivity index (χ1v) is 6.61. The summed E-state index contributed by atoms with van der Waals surface area (Å²) in [5.41, 5.74) is 1.46. The number of nitrogens with zero attached hydrogens (tertiary/aromatic N) is 1. The van der Waals surface area contributed by atoms with E-state index in [1.807, 2.05) is 13.0 Å². The van der Waals surface area contributed by atoms with Gasteiger partial charge in [0.2, 0.25) is 0 Å². The van der Waals surface area contributed by atoms with E-state index < -0.39 is 0 Å². The number of ether oxygens (including phenoxy) is 1. The number of rotatable bonds is 4. The van der Waals surface area contributed by atoms with Gasteiger partial charge in [-0.3, -0.25) is 14.9 Å². The van der Waals surface area contributed by atoms with Crippen LogP contribution >= 0.6 is 0 Å². The number of carbonyl (C=O) groups excluding carboxylic acids is 1. The number of methoxy groups -OCH3 is 1. The Balaban J connectivity index is 2.12. The number of nitro groups is 1. The van der Waals surface area contributed by atoms with Crippen LogP contribution in [0.1, 0.15) is 24.8 Å². The molecule has 6 nitrogen and oxygen atoms in total. The molecule has 1 fully saturated rings. The van der Waals surface area contributed by atoms with Crippen LogP contribution in [0.15, 0.2) is 18.2 Å². The summed E-state index contributed by atoms with van der Waals surface area (Å²) in [6.45, 7) is 1.84. The van der Waals surface area contributed by atoms with Crippen molar-refractivity contribution in [1.29, 1.82) is 0 Å². The number of nitro benzene ring substituents is 1. The number of esters is 1. The Morgan fingerprint density at radius 1 is 1.45 bits per heavy atom. The van der Waals surface area contributed by atoms with Gasteiger partial charge in [0.05, 0.1) is 18.0 Å². The molecule has 1 saturated carbocycles. The summed E-state index contributed by atoms with van der Waals surface area (Å²) >= 11 is 0. The van der Waals surface area contributed by atoms with E-state index in [-0.39, 0.29) is 28.5 Å². The molecule has 0 spiro atoms. The summed E-state index contributed by atoms with van der Waals surface area (Å²) in [6.07, 6.45) is 2.22. The molecule has 0 unspecified atom stereocenters. The lowest BCUT2D eigenvalue weighted by molar-refractivity contribution is -0.384. The zero-order chi connectivity index (χ0) is 14.7. The first-order valence-electron chi connectivity index (χ1n) is 6.61. The predicted molar refractivity (Wildman–Crippen MR) is 74.6 cm³/mol. The number of anilines is 1. The topological polar surface area (TPSA) is 81.5 Å². The van der Waals surface area contributed by atoms with E-state index in [9.17, 15) is 14.9 Å². The fourth-order valence-corrected chi connectivity index (χ4v) is 2.69. The molecule has 0 amide bonds. The minimum Gasteiger partial charge on any atom is -0.469 e. The third-order valence-corrected chi connectivity index (χ3v) is 3.76. The Labute approximate surface area is 117 Å². The van der Waals surface area contributed by atoms with Crippen LogP contribution in [0.4, 0.5) is 11.4 Å². The minimum atomic E-state index is -0.387. The molecule has 108 valence electrons. The molecule has 20 heavy (non-hydrogen) atoms. The van der Waals surface area contributed by atoms with Gasteiger partial charge < -0.3 is 10.1 Å². The highest BCUT2D eigenvalue weighted by molar-refractivity contribution is 5.73. The second-order valence-electron chi connectivity index (χ2n) is 5.10. The number of nitrogens with one attached hydrogen (secondary N) is 1. The maximum Gasteiger partial charge on any atom is 0.308 e. The largest absolute Gasteiger partial charge is 0.469 e. The summed E-state index contributed by atoms with van der Waals surface area (Å²) in [5.74, 6) is -0.311. The van der Waals surface area contributed by atoms with Crippen molar-refractivity contribution in [1.82, 2.24) is 0 Å². The Morgan fingerprint density at radius 3 is 2.85 bits per heavy atom. The summed E-state index contributed by atoms with van der Waals surface area (Å²) in [7, 11) is 1.38. The molecule has 2 atom stereocenters. The van der Waals surface area contributed by atoms with E-state index in [1.165, 1.54) is 13.2 Å². The van der Waals surface area contributed by atoms with Crippen LogP contribution in [0.2, 0.25) is 0 Å². The van der Waals surface area contributed by atoms with Crippen molar-refractivity contribution >= 4 is 17.3 Å². The van der Waals surface area contributed by atoms with Gasteiger partial charge in [0.1, 0.15) is 5.69 Å². The van der Waals surface area contributed by atoms with Crippen LogP contribution in [-0.2, 0) is 9.53 Å². The van der Waals surface area contributed by atoms with E-state index in [0.29, 0.717) is 12.1 Å². The molecule has 1 N–H and O–H groups in total. The van der Waals surface area contributed by atoms with Gasteiger partial charge in [-0.2, -0.15) is 0 Å². The monoisotopic (exact) mass is 278 g/mol. The van der Waals surface area contributed by atoms with Crippen molar-refractivity contribution in [3.63, 3.8) is 0 Å². The highest BCUT2D eigenvalue weighted by Crippen LogP contribution is 2.33. The van der Waals surface area contributed by atoms with Gasteiger partial charge in [-0.05, 0) is 31.7 Å². The fourth-order valence-electron chi connectivity index (χ4n) is 2.69. The second kappa shape index (κ2) is 5.90. The van der Waals surface area contributed by atoms with Crippen LogP contribution in [-0.4, -0.2) is 24.0 Å². The minimum absolute atomic E-state index is 0.0684. The molecule has 6 heteroatoms. The molecule has 0 saturated heterocycles. The summed E-state index contributed by atoms with van der Waals surface area (Å²) < 4.78 is 4.74. The van der Waals surface area contributed by atoms with Crippen molar-refractivity contribution < 1.29 is 14.5 Å². The van der Waals surface area contributed by atoms with Crippen molar-refractivity contribution in [3.8, 4) is 0 Å². The van der Waals surface area contributed by atoms with Crippen molar-refractivity contribution in [3.05, 3.63) is 33.9 Å². The molecule has 0 radical (unpaired) electrons. The molecule has 1 aliphatic rings. The molecule has 1 aliphatic carbocycles. The molecule has 1 aromatic carbocycles. The van der Waals surface area contributed by atoms with Crippen LogP contribution in [0, 0.1) is 23.0 Å². The third-order valence-electron chi connectivity index (χ3n) is 3.76. The van der Waals surface area contributed by atoms with Crippen LogP contribution in [0.5, 0.6) is 0 Å². The standard InChI is InChI=1S/C14H18N2O4/c1-9-4-3-5-12(16(18)19)13(9)15-11-7-6-10(8-11)14(17)20-2/h3-5,10-11,15H,6-8H2,1-2H3/t10-,11+/m0/s1. The van der Waals surface area contributed by atoms with Gasteiger partial charge in [-0.25, -0.2) is 0 Å². The van der Waals surface area contributed by atoms with Gasteiger partial charge >= 0.3 is 5.97 Å². The Kier molecular flexibility index (Phi) is 4.22. The van der Waals surface area contributed by atoms with Crippen LogP contribution in [0.25, 0.3) is 0 Å². The van der Waals surface area contributed by atoms with E-state index in [2.05, 4.69) is 5.32 Å². The van der Waals surface area contributed by atoms with Gasteiger partial charge in [0.25, 0.3) is 5.69 Å². The van der Waals surface area contributed by atoms with Crippen molar-refractivity contribution in [2.75, 3.05) is 12.4 Å². The molecule has 0 bridgehead atoms. The van der Waals surface area contributed by atoms with Crippen LogP contribution in [0.3, 0.4) is 0 Å². The number of benzene rings is 1. The van der Waals surface area contributed by atoms with Crippen LogP contribution < -0.4 is 5.32 Å². The van der Waals surface area contributed by atoms with Gasteiger partial charge in [-0.15, -0.1) is 0 Å². The Hall–Kier alpha value is -2.11. The zero-order valence-electron chi connectivity index (χ0n) is 11.6. The number of para-hydroxylation sites is 1. The number of aryl methyl sites for hydroxylation is 1. The predicted octanol–water partition coefficient (Wildman–Crippen LogP) is 2.66. The quantitative estimate of drug-likeness (QED) is 0.520. The molecule has 0 heterocycles. The number of hydrogen-bond acceptors (Lipinski definition) is 5. The molecular weight excluding hydrogens is 260 g/mol. The second-order valence-corrected chi connectivity index (χ2v) is 5.10. The number of carbonyl (C=O) groups is 1. The van der Waals surface area contributed by atoms with Crippen molar-refractivity contribution in [2.24, 2.45) is 5.92 Å². The Morgan fingerprint density at radius 2 is 2.20 bits per heavy atom. The first kappa shape index (κ1) is 14.3. The summed E-state index contributed by atoms with van der Waals surface area (Å²) in [4.78, 5) is 22.2. The molecule has 0 aromatic heterocycles. The maximum atomic E-state index is 11.5. The van der Waals surface area contributed by atoms with Crippen molar-refractivity contribution in [2.45, 2.75) is 32.2 Å². The summed E-state index contributed by atoms with van der Waals surface area (Å²) in [5, 5.41) is 14.3. The molecular formula is C14H18N2O4. The highest BCUT2D eigenvalue weighted by Gasteiger charge is 2.31. The van der Waals surface area contributed by atoms with E-state index >= 15 is 0 Å². The Bertz CT molecular complexity index is 530. The normalized spacial score (nSPS) is 21.5. The van der Waals surface area contributed by atoms with Gasteiger partial charge in [0, 0.05) is 12.1 Å². The third kappa shape index (κ3) is 2.89. The lowest BCUT2D eigenvalue weighted by Crippen LogP contribution is -2.19. The van der Waals surface area contributed by atoms with Gasteiger partial charge in [0.15, 0.2) is 0 Å². The van der Waals surface area contributed by atoms with Gasteiger partial charge in [-0.1, -0.05) is 12.1 Å². The zero-order valence-corrected chi connectivity index (χ0v) is 11.6. The average molecular weight is 278 g/mol. The smallest absolute Gasteiger partial charge is 0.308 e. The fraction of sp³-hybridized carbons (Fsp3) is 0.500. The molecule has 2 rings (SSSR count). The molecule has 0 aliphatic heterocycles. The average Bonchev–Trinajstić information content (AvgIpc) is 2.88. The maximum absolute atomic E-state index is 11.5. The first-order chi connectivity index (χ1) is 9.52.